The molecule has 0 saturated heterocycles. The van der Waals surface area contributed by atoms with Crippen LogP contribution in [0.1, 0.15) is 0 Å². The van der Waals surface area contributed by atoms with Gasteiger partial charge in [-0.25, -0.2) is 13.1 Å². The van der Waals surface area contributed by atoms with Crippen LogP contribution in [0.4, 0.5) is 0 Å². The summed E-state index contributed by atoms with van der Waals surface area (Å²) < 4.78 is 0. The molecule has 1 aliphatic rings. The van der Waals surface area contributed by atoms with Crippen molar-refractivity contribution in [2.24, 2.45) is 5.92 Å². The van der Waals surface area contributed by atoms with Crippen molar-refractivity contribution >= 4 is 5.78 Å². The Balaban J connectivity index is 3.11. The summed E-state index contributed by atoms with van der Waals surface area (Å²) in [5.41, 5.74) is -0.286. The fraction of sp³-hybridized carbons (Fsp3) is 0.300. The van der Waals surface area contributed by atoms with Crippen LogP contribution in [0.3, 0.4) is 0 Å². The van der Waals surface area contributed by atoms with Crippen molar-refractivity contribution in [3.05, 3.63) is 34.2 Å². The molecule has 3 unspecified atom stereocenters. The number of rotatable bonds is 2. The quantitative estimate of drug-likeness (QED) is 0.679. The zero-order valence-corrected chi connectivity index (χ0v) is 7.88. The van der Waals surface area contributed by atoms with E-state index in [-0.39, 0.29) is 5.57 Å². The van der Waals surface area contributed by atoms with Gasteiger partial charge in [0.05, 0.1) is 0 Å². The van der Waals surface area contributed by atoms with Gasteiger partial charge in [0, 0.05) is 0 Å². The molecule has 0 amide bonds. The molecule has 1 aliphatic carbocycles. The highest BCUT2D eigenvalue weighted by molar-refractivity contribution is 6.08. The molecule has 1 N–H and O–H groups in total. The second kappa shape index (κ2) is 4.13. The molecule has 3 atom stereocenters. The number of nitriles is 2. The van der Waals surface area contributed by atoms with E-state index in [0.29, 0.717) is 0 Å². The topological polar surface area (TPSA) is 93.6 Å². The molecule has 0 aromatic rings. The minimum absolute atomic E-state index is 0.286. The molecule has 0 aliphatic heterocycles. The number of hydrogen-bond donors (Lipinski definition) is 1. The van der Waals surface area contributed by atoms with Crippen molar-refractivity contribution in [2.75, 3.05) is 0 Å². The monoisotopic (exact) mass is 212 g/mol. The molecule has 76 valence electrons. The van der Waals surface area contributed by atoms with Crippen LogP contribution < -0.4 is 0 Å². The molecule has 6 nitrogen and oxygen atoms in total. The maximum absolute atomic E-state index is 11.5. The molecular formula is C10H4N4O2. The number of carbonyl (C=O) groups excluding carboxylic acids is 1. The summed E-state index contributed by atoms with van der Waals surface area (Å²) in [5.74, 6) is -2.34. The molecule has 0 bridgehead atoms. The Hall–Kier alpha value is -2.83. The van der Waals surface area contributed by atoms with Crippen molar-refractivity contribution in [3.63, 3.8) is 0 Å². The Morgan fingerprint density at radius 3 is 2.25 bits per heavy atom. The van der Waals surface area contributed by atoms with Crippen molar-refractivity contribution in [3.8, 4) is 12.1 Å². The highest BCUT2D eigenvalue weighted by Crippen LogP contribution is 2.35. The lowest BCUT2D eigenvalue weighted by molar-refractivity contribution is -0.122. The Morgan fingerprint density at radius 1 is 1.31 bits per heavy atom. The fourth-order valence-electron chi connectivity index (χ4n) is 1.41. The van der Waals surface area contributed by atoms with Crippen LogP contribution in [0.15, 0.2) is 11.3 Å². The van der Waals surface area contributed by atoms with Gasteiger partial charge in [0.25, 0.3) is 0 Å². The minimum Gasteiger partial charge on any atom is -0.510 e. The first-order chi connectivity index (χ1) is 7.62. The molecule has 1 rings (SSSR count). The number of carbonyl (C=O) groups is 1. The Labute approximate surface area is 91.3 Å². The Kier molecular flexibility index (Phi) is 2.90. The van der Waals surface area contributed by atoms with E-state index in [2.05, 4.69) is 9.69 Å². The average Bonchev–Trinajstić information content (AvgIpc) is 2.32. The SMILES string of the molecule is [C-]#[N+]C(C#N)C1=C(O)C(C(C#N)[N+]#[C-])C1=O. The third-order valence-electron chi connectivity index (χ3n) is 2.23. The number of aliphatic hydroxyl groups excluding tert-OH is 1. The van der Waals surface area contributed by atoms with E-state index in [4.69, 9.17) is 23.7 Å². The van der Waals surface area contributed by atoms with Crippen LogP contribution in [-0.4, -0.2) is 23.0 Å². The van der Waals surface area contributed by atoms with E-state index in [1.165, 1.54) is 0 Å². The maximum atomic E-state index is 11.5. The lowest BCUT2D eigenvalue weighted by atomic mass is 9.75. The van der Waals surface area contributed by atoms with E-state index >= 15 is 0 Å². The van der Waals surface area contributed by atoms with Gasteiger partial charge < -0.3 is 5.11 Å². The van der Waals surface area contributed by atoms with Gasteiger partial charge in [0.1, 0.15) is 11.3 Å². The molecule has 16 heavy (non-hydrogen) atoms. The van der Waals surface area contributed by atoms with Crippen LogP contribution in [0.5, 0.6) is 0 Å². The minimum atomic E-state index is -1.35. The van der Waals surface area contributed by atoms with Gasteiger partial charge in [-0.3, -0.25) is 14.5 Å². The summed E-state index contributed by atoms with van der Waals surface area (Å²) in [6.07, 6.45) is 0. The zero-order chi connectivity index (χ0) is 12.3. The molecular weight excluding hydrogens is 208 g/mol. The average molecular weight is 212 g/mol. The largest absolute Gasteiger partial charge is 0.510 e. The Morgan fingerprint density at radius 2 is 1.94 bits per heavy atom. The van der Waals surface area contributed by atoms with Gasteiger partial charge in [0.2, 0.25) is 0 Å². The second-order valence-corrected chi connectivity index (χ2v) is 3.00. The van der Waals surface area contributed by atoms with Crippen molar-refractivity contribution in [1.29, 1.82) is 10.5 Å². The number of ketones is 1. The van der Waals surface area contributed by atoms with Crippen LogP contribution in [0, 0.1) is 41.7 Å². The zero-order valence-electron chi connectivity index (χ0n) is 7.88. The first kappa shape index (κ1) is 11.2. The summed E-state index contributed by atoms with van der Waals surface area (Å²) in [7, 11) is 0. The summed E-state index contributed by atoms with van der Waals surface area (Å²) in [6, 6.07) is 0.494. The molecule has 0 saturated carbocycles. The summed E-state index contributed by atoms with van der Waals surface area (Å²) in [4.78, 5) is 17.2. The van der Waals surface area contributed by atoms with Gasteiger partial charge in [0.15, 0.2) is 23.8 Å². The van der Waals surface area contributed by atoms with Crippen molar-refractivity contribution < 1.29 is 9.90 Å². The number of Topliss-reactive ketones (excluding diaryl/α,β-unsaturated/α-hetero) is 1. The lowest BCUT2D eigenvalue weighted by Crippen LogP contribution is -2.41. The van der Waals surface area contributed by atoms with Gasteiger partial charge in [-0.05, 0) is 0 Å². The van der Waals surface area contributed by atoms with E-state index in [9.17, 15) is 9.90 Å². The lowest BCUT2D eigenvalue weighted by Gasteiger charge is -2.24. The molecule has 0 heterocycles. The van der Waals surface area contributed by atoms with E-state index in [1.807, 2.05) is 0 Å². The maximum Gasteiger partial charge on any atom is 0.339 e. The van der Waals surface area contributed by atoms with Crippen LogP contribution in [-0.2, 0) is 4.79 Å². The standard InChI is InChI=1S/C10H4N4O2/c1-13-5(3-11)7-9(15)8(10(7)16)6(4-12)14-2/h5-7,15H. The highest BCUT2D eigenvalue weighted by Gasteiger charge is 2.53. The first-order valence-corrected chi connectivity index (χ1v) is 4.12. The van der Waals surface area contributed by atoms with Gasteiger partial charge in [-0.1, -0.05) is 0 Å². The molecule has 6 heteroatoms. The predicted molar refractivity (Wildman–Crippen MR) is 50.2 cm³/mol. The van der Waals surface area contributed by atoms with Crippen LogP contribution in [0.25, 0.3) is 9.69 Å². The third-order valence-corrected chi connectivity index (χ3v) is 2.23. The summed E-state index contributed by atoms with van der Waals surface area (Å²) >= 11 is 0. The summed E-state index contributed by atoms with van der Waals surface area (Å²) in [6.45, 7) is 13.3. The third kappa shape index (κ3) is 1.36. The molecule has 0 spiro atoms. The smallest absolute Gasteiger partial charge is 0.339 e. The molecule has 0 fully saturated rings. The summed E-state index contributed by atoms with van der Waals surface area (Å²) in [5, 5.41) is 26.6. The molecule has 0 aromatic carbocycles. The number of aliphatic hydroxyl groups is 1. The van der Waals surface area contributed by atoms with Gasteiger partial charge in [-0.2, -0.15) is 10.5 Å². The Bertz CT molecular complexity index is 507. The fourth-order valence-corrected chi connectivity index (χ4v) is 1.41. The second-order valence-electron chi connectivity index (χ2n) is 3.00. The number of nitrogens with zero attached hydrogens (tertiary/aromatic N) is 4. The van der Waals surface area contributed by atoms with Crippen molar-refractivity contribution in [2.45, 2.75) is 12.1 Å². The van der Waals surface area contributed by atoms with E-state index in [1.54, 1.807) is 12.1 Å². The van der Waals surface area contributed by atoms with E-state index in [0.717, 1.165) is 0 Å². The van der Waals surface area contributed by atoms with Gasteiger partial charge >= 0.3 is 12.1 Å². The normalized spacial score (nSPS) is 21.8. The highest BCUT2D eigenvalue weighted by atomic mass is 16.3. The van der Waals surface area contributed by atoms with Crippen LogP contribution >= 0.6 is 0 Å². The number of hydrogen-bond acceptors (Lipinski definition) is 4. The van der Waals surface area contributed by atoms with Crippen LogP contribution in [0.2, 0.25) is 0 Å². The molecule has 0 aromatic heterocycles. The molecule has 0 radical (unpaired) electrons. The van der Waals surface area contributed by atoms with Crippen molar-refractivity contribution in [1.82, 2.24) is 0 Å². The first-order valence-electron chi connectivity index (χ1n) is 4.12. The predicted octanol–water partition coefficient (Wildman–Crippen LogP) is 0.620. The van der Waals surface area contributed by atoms with E-state index < -0.39 is 29.5 Å². The van der Waals surface area contributed by atoms with Gasteiger partial charge in [-0.15, -0.1) is 0 Å².